The number of H-pyrrole nitrogens is 1. The van der Waals surface area contributed by atoms with E-state index in [4.69, 9.17) is 0 Å². The summed E-state index contributed by atoms with van der Waals surface area (Å²) in [5.41, 5.74) is 1.73. The Morgan fingerprint density at radius 2 is 2.12 bits per heavy atom. The molecule has 0 saturated carbocycles. The molecule has 3 aromatic rings. The molecular formula is C17H16N4O3. The number of hydrogen-bond donors (Lipinski definition) is 2. The molecule has 0 saturated heterocycles. The van der Waals surface area contributed by atoms with Crippen molar-refractivity contribution in [3.05, 3.63) is 58.5 Å². The predicted molar refractivity (Wildman–Crippen MR) is 89.6 cm³/mol. The largest absolute Gasteiger partial charge is 0.493 e. The smallest absolute Gasteiger partial charge is 0.284 e. The van der Waals surface area contributed by atoms with E-state index in [9.17, 15) is 14.7 Å². The summed E-state index contributed by atoms with van der Waals surface area (Å²) >= 11 is 0. The molecule has 2 aromatic heterocycles. The third kappa shape index (κ3) is 3.10. The van der Waals surface area contributed by atoms with Crippen LogP contribution in [0.1, 0.15) is 12.5 Å². The van der Waals surface area contributed by atoms with Gasteiger partial charge in [-0.1, -0.05) is 19.1 Å². The van der Waals surface area contributed by atoms with Gasteiger partial charge in [0.05, 0.1) is 5.52 Å². The van der Waals surface area contributed by atoms with E-state index < -0.39 is 5.91 Å². The van der Waals surface area contributed by atoms with Gasteiger partial charge in [0, 0.05) is 17.6 Å². The van der Waals surface area contributed by atoms with Gasteiger partial charge in [-0.15, -0.1) is 10.2 Å². The zero-order valence-corrected chi connectivity index (χ0v) is 13.1. The molecule has 7 heteroatoms. The first kappa shape index (κ1) is 15.7. The third-order valence-corrected chi connectivity index (χ3v) is 3.69. The number of aryl methyl sites for hydroxylation is 1. The van der Waals surface area contributed by atoms with E-state index in [-0.39, 0.29) is 23.7 Å². The first-order valence-corrected chi connectivity index (χ1v) is 7.52. The van der Waals surface area contributed by atoms with Gasteiger partial charge >= 0.3 is 0 Å². The van der Waals surface area contributed by atoms with Gasteiger partial charge in [0.25, 0.3) is 11.5 Å². The molecule has 1 aromatic carbocycles. The van der Waals surface area contributed by atoms with Crippen LogP contribution in [-0.4, -0.2) is 20.6 Å². The van der Waals surface area contributed by atoms with Gasteiger partial charge in [-0.25, -0.2) is 0 Å². The maximum absolute atomic E-state index is 11.9. The number of amides is 1. The minimum absolute atomic E-state index is 0.147. The minimum Gasteiger partial charge on any atom is -0.493 e. The molecule has 2 N–H and O–H groups in total. The van der Waals surface area contributed by atoms with Gasteiger partial charge in [-0.3, -0.25) is 9.59 Å². The van der Waals surface area contributed by atoms with Crippen molar-refractivity contribution >= 4 is 22.5 Å². The molecular weight excluding hydrogens is 308 g/mol. The highest BCUT2D eigenvalue weighted by molar-refractivity contribution is 5.94. The Labute approximate surface area is 137 Å². The highest BCUT2D eigenvalue weighted by Crippen LogP contribution is 2.36. The number of carbonyl (C=O) groups is 1. The van der Waals surface area contributed by atoms with Gasteiger partial charge in [-0.05, 0) is 30.2 Å². The number of benzene rings is 1. The number of fused-ring (bicyclic) bond motifs is 1. The molecule has 0 aliphatic rings. The maximum Gasteiger partial charge on any atom is 0.284 e. The number of nitrogens with zero attached hydrogens (tertiary/aromatic N) is 3. The molecule has 0 spiro atoms. The van der Waals surface area contributed by atoms with Crippen LogP contribution >= 0.6 is 0 Å². The van der Waals surface area contributed by atoms with E-state index in [2.05, 4.69) is 15.2 Å². The number of rotatable bonds is 4. The zero-order chi connectivity index (χ0) is 17.1. The van der Waals surface area contributed by atoms with Crippen LogP contribution in [0.3, 0.4) is 0 Å². The van der Waals surface area contributed by atoms with Crippen LogP contribution in [0.5, 0.6) is 5.88 Å². The summed E-state index contributed by atoms with van der Waals surface area (Å²) in [5, 5.41) is 18.2. The number of azo groups is 1. The Hall–Kier alpha value is -3.22. The monoisotopic (exact) mass is 324 g/mol. The number of pyridine rings is 1. The summed E-state index contributed by atoms with van der Waals surface area (Å²) in [6.07, 6.45) is 2.35. The van der Waals surface area contributed by atoms with E-state index in [0.717, 1.165) is 12.0 Å². The zero-order valence-electron chi connectivity index (χ0n) is 13.1. The van der Waals surface area contributed by atoms with Crippen LogP contribution in [0.4, 0.5) is 5.69 Å². The molecule has 0 bridgehead atoms. The van der Waals surface area contributed by atoms with Crippen molar-refractivity contribution < 1.29 is 9.90 Å². The second kappa shape index (κ2) is 6.49. The van der Waals surface area contributed by atoms with Crippen LogP contribution in [0, 0.1) is 0 Å². The second-order valence-corrected chi connectivity index (χ2v) is 5.32. The summed E-state index contributed by atoms with van der Waals surface area (Å²) in [5.74, 6) is -0.727. The molecule has 0 aliphatic carbocycles. The fraction of sp³-hybridized carbons (Fsp3) is 0.176. The molecule has 7 nitrogen and oxygen atoms in total. The highest BCUT2D eigenvalue weighted by atomic mass is 16.3. The summed E-state index contributed by atoms with van der Waals surface area (Å²) in [6, 6.07) is 10.3. The lowest BCUT2D eigenvalue weighted by Crippen LogP contribution is -2.21. The maximum atomic E-state index is 11.9. The van der Waals surface area contributed by atoms with E-state index in [1.54, 1.807) is 12.1 Å². The van der Waals surface area contributed by atoms with Crippen LogP contribution in [0.25, 0.3) is 10.9 Å². The van der Waals surface area contributed by atoms with Crippen LogP contribution in [-0.2, 0) is 17.8 Å². The molecule has 0 aliphatic heterocycles. The van der Waals surface area contributed by atoms with Gasteiger partial charge in [0.15, 0.2) is 5.69 Å². The van der Waals surface area contributed by atoms with E-state index >= 15 is 0 Å². The van der Waals surface area contributed by atoms with Crippen molar-refractivity contribution in [1.82, 2.24) is 9.55 Å². The molecule has 2 heterocycles. The van der Waals surface area contributed by atoms with Crippen molar-refractivity contribution in [3.63, 3.8) is 0 Å². The predicted octanol–water partition coefficient (Wildman–Crippen LogP) is 2.91. The lowest BCUT2D eigenvalue weighted by molar-refractivity contribution is -0.118. The number of nitrogens with one attached hydrogen (secondary N) is 1. The van der Waals surface area contributed by atoms with E-state index in [0.29, 0.717) is 10.9 Å². The molecule has 0 fully saturated rings. The highest BCUT2D eigenvalue weighted by Gasteiger charge is 2.11. The Balaban J connectivity index is 1.87. The summed E-state index contributed by atoms with van der Waals surface area (Å²) in [6.45, 7) is 1.82. The third-order valence-electron chi connectivity index (χ3n) is 3.69. The molecule has 3 rings (SSSR count). The summed E-state index contributed by atoms with van der Waals surface area (Å²) in [7, 11) is 0. The molecule has 24 heavy (non-hydrogen) atoms. The van der Waals surface area contributed by atoms with E-state index in [1.165, 1.54) is 16.8 Å². The SMILES string of the molecule is CCc1ccc2[nH]c(O)c(N=NC(=O)Cn3ccccc3=O)c2c1. The van der Waals surface area contributed by atoms with Crippen molar-refractivity contribution in [2.24, 2.45) is 10.2 Å². The quantitative estimate of drug-likeness (QED) is 0.722. The van der Waals surface area contributed by atoms with Crippen LogP contribution in [0.2, 0.25) is 0 Å². The lowest BCUT2D eigenvalue weighted by Gasteiger charge is -2.00. The van der Waals surface area contributed by atoms with Crippen molar-refractivity contribution in [2.45, 2.75) is 19.9 Å². The molecule has 122 valence electrons. The fourth-order valence-electron chi connectivity index (χ4n) is 2.41. The first-order valence-electron chi connectivity index (χ1n) is 7.52. The molecule has 0 atom stereocenters. The molecule has 0 unspecified atom stereocenters. The Morgan fingerprint density at radius 1 is 1.29 bits per heavy atom. The Bertz CT molecular complexity index is 985. The van der Waals surface area contributed by atoms with Crippen molar-refractivity contribution in [2.75, 3.05) is 0 Å². The van der Waals surface area contributed by atoms with Crippen molar-refractivity contribution in [1.29, 1.82) is 0 Å². The number of aromatic amines is 1. The van der Waals surface area contributed by atoms with Gasteiger partial charge in [0.2, 0.25) is 5.88 Å². The van der Waals surface area contributed by atoms with Crippen molar-refractivity contribution in [3.8, 4) is 5.88 Å². The number of carbonyl (C=O) groups excluding carboxylic acids is 1. The standard InChI is InChI=1S/C17H16N4O3/c1-2-11-6-7-13-12(9-11)16(17(24)18-13)20-19-14(22)10-21-8-4-3-5-15(21)23/h3-9,18,24H,2,10H2,1H3. The van der Waals surface area contributed by atoms with Crippen LogP contribution in [0.15, 0.2) is 57.6 Å². The van der Waals surface area contributed by atoms with Crippen LogP contribution < -0.4 is 5.56 Å². The summed E-state index contributed by atoms with van der Waals surface area (Å²) < 4.78 is 1.24. The fourth-order valence-corrected chi connectivity index (χ4v) is 2.41. The molecule has 0 radical (unpaired) electrons. The number of hydrogen-bond acceptors (Lipinski definition) is 4. The average Bonchev–Trinajstić information content (AvgIpc) is 2.89. The Kier molecular flexibility index (Phi) is 4.24. The van der Waals surface area contributed by atoms with Gasteiger partial charge < -0.3 is 14.7 Å². The van der Waals surface area contributed by atoms with E-state index in [1.807, 2.05) is 25.1 Å². The minimum atomic E-state index is -0.580. The number of aromatic hydroxyl groups is 1. The van der Waals surface area contributed by atoms with Gasteiger partial charge in [0.1, 0.15) is 6.54 Å². The average molecular weight is 324 g/mol. The van der Waals surface area contributed by atoms with Gasteiger partial charge in [-0.2, -0.15) is 0 Å². The first-order chi connectivity index (χ1) is 11.6. The number of aromatic nitrogens is 2. The second-order valence-electron chi connectivity index (χ2n) is 5.32. The summed E-state index contributed by atoms with van der Waals surface area (Å²) in [4.78, 5) is 26.3. The normalized spacial score (nSPS) is 11.4. The lowest BCUT2D eigenvalue weighted by atomic mass is 10.1. The molecule has 1 amide bonds. The Morgan fingerprint density at radius 3 is 2.88 bits per heavy atom. The topological polar surface area (TPSA) is 99.8 Å².